The number of rotatable bonds is 4. The number of aromatic nitrogens is 2. The molecular formula is C17H21BrN2O. The molecule has 2 aromatic rings. The van der Waals surface area contributed by atoms with E-state index in [0.717, 1.165) is 12.3 Å². The Morgan fingerprint density at radius 2 is 2.00 bits per heavy atom. The molecule has 0 saturated heterocycles. The molecule has 1 heterocycles. The lowest BCUT2D eigenvalue weighted by Crippen LogP contribution is -2.17. The predicted octanol–water partition coefficient (Wildman–Crippen LogP) is 4.36. The Labute approximate surface area is 134 Å². The minimum Gasteiger partial charge on any atom is -0.496 e. The highest BCUT2D eigenvalue weighted by Gasteiger charge is 2.24. The molecule has 21 heavy (non-hydrogen) atoms. The molecule has 1 fully saturated rings. The van der Waals surface area contributed by atoms with E-state index >= 15 is 0 Å². The van der Waals surface area contributed by atoms with Crippen LogP contribution >= 0.6 is 15.9 Å². The quantitative estimate of drug-likeness (QED) is 0.767. The number of nitrogens with zero attached hydrogens (tertiary/aromatic N) is 2. The fourth-order valence-electron chi connectivity index (χ4n) is 3.14. The highest BCUT2D eigenvalue weighted by atomic mass is 79.9. The Morgan fingerprint density at radius 3 is 2.76 bits per heavy atom. The highest BCUT2D eigenvalue weighted by Crippen LogP contribution is 2.35. The van der Waals surface area contributed by atoms with Crippen molar-refractivity contribution in [3.8, 4) is 5.75 Å². The standard InChI is InChI=1S/C17H21BrN2O/c1-21-16-5-3-2-4-14(16)12-20-11-10-19-17(20)13-6-8-15(18)9-7-13/h2-5,10-11,13,15H,6-9,12H2,1H3. The van der Waals surface area contributed by atoms with Gasteiger partial charge in [-0.25, -0.2) is 4.98 Å². The van der Waals surface area contributed by atoms with E-state index in [1.165, 1.54) is 37.1 Å². The van der Waals surface area contributed by atoms with Gasteiger partial charge in [-0.15, -0.1) is 0 Å². The molecule has 3 nitrogen and oxygen atoms in total. The van der Waals surface area contributed by atoms with Gasteiger partial charge in [0.15, 0.2) is 0 Å². The monoisotopic (exact) mass is 348 g/mol. The summed E-state index contributed by atoms with van der Waals surface area (Å²) in [5, 5.41) is 0. The number of ether oxygens (including phenoxy) is 1. The topological polar surface area (TPSA) is 27.1 Å². The third-order valence-electron chi connectivity index (χ3n) is 4.30. The zero-order valence-corrected chi connectivity index (χ0v) is 13.9. The van der Waals surface area contributed by atoms with E-state index in [4.69, 9.17) is 4.74 Å². The largest absolute Gasteiger partial charge is 0.496 e. The van der Waals surface area contributed by atoms with Crippen molar-refractivity contribution in [2.45, 2.75) is 43.0 Å². The van der Waals surface area contributed by atoms with Gasteiger partial charge < -0.3 is 9.30 Å². The van der Waals surface area contributed by atoms with Crippen LogP contribution in [-0.2, 0) is 6.54 Å². The SMILES string of the molecule is COc1ccccc1Cn1ccnc1C1CCC(Br)CC1. The lowest BCUT2D eigenvalue weighted by atomic mass is 9.88. The van der Waals surface area contributed by atoms with Crippen LogP contribution in [0.25, 0.3) is 0 Å². The molecule has 1 saturated carbocycles. The maximum absolute atomic E-state index is 5.45. The molecule has 1 aromatic heterocycles. The second-order valence-electron chi connectivity index (χ2n) is 5.67. The Hall–Kier alpha value is -1.29. The van der Waals surface area contributed by atoms with Crippen LogP contribution in [0.3, 0.4) is 0 Å². The second kappa shape index (κ2) is 6.65. The second-order valence-corrected chi connectivity index (χ2v) is 6.97. The smallest absolute Gasteiger partial charge is 0.123 e. The molecule has 0 atom stereocenters. The minimum absolute atomic E-state index is 0.587. The van der Waals surface area contributed by atoms with E-state index in [0.29, 0.717) is 10.7 Å². The minimum atomic E-state index is 0.587. The molecular weight excluding hydrogens is 328 g/mol. The van der Waals surface area contributed by atoms with Gasteiger partial charge in [0.05, 0.1) is 13.7 Å². The summed E-state index contributed by atoms with van der Waals surface area (Å²) in [6.07, 6.45) is 8.93. The summed E-state index contributed by atoms with van der Waals surface area (Å²) in [5.74, 6) is 2.75. The van der Waals surface area contributed by atoms with Gasteiger partial charge in [0, 0.05) is 28.7 Å². The molecule has 1 aliphatic rings. The van der Waals surface area contributed by atoms with E-state index in [1.54, 1.807) is 7.11 Å². The molecule has 0 unspecified atom stereocenters. The first kappa shape index (κ1) is 14.6. The summed E-state index contributed by atoms with van der Waals surface area (Å²) >= 11 is 3.73. The molecule has 1 aromatic carbocycles. The fraction of sp³-hybridized carbons (Fsp3) is 0.471. The number of para-hydroxylation sites is 1. The number of benzene rings is 1. The molecule has 0 amide bonds. The highest BCUT2D eigenvalue weighted by molar-refractivity contribution is 9.09. The fourth-order valence-corrected chi connectivity index (χ4v) is 3.67. The number of imidazole rings is 1. The number of hydrogen-bond acceptors (Lipinski definition) is 2. The van der Waals surface area contributed by atoms with E-state index in [9.17, 15) is 0 Å². The Balaban J connectivity index is 1.79. The van der Waals surface area contributed by atoms with E-state index in [-0.39, 0.29) is 0 Å². The van der Waals surface area contributed by atoms with Gasteiger partial charge in [-0.1, -0.05) is 34.1 Å². The molecule has 4 heteroatoms. The zero-order chi connectivity index (χ0) is 14.7. The van der Waals surface area contributed by atoms with E-state index in [1.807, 2.05) is 18.3 Å². The van der Waals surface area contributed by atoms with Crippen LogP contribution in [0.4, 0.5) is 0 Å². The van der Waals surface area contributed by atoms with Crippen LogP contribution in [0, 0.1) is 0 Å². The molecule has 0 spiro atoms. The van der Waals surface area contributed by atoms with Crippen molar-refractivity contribution in [2.24, 2.45) is 0 Å². The lowest BCUT2D eigenvalue weighted by molar-refractivity contribution is 0.405. The normalized spacial score (nSPS) is 22.2. The van der Waals surface area contributed by atoms with Gasteiger partial charge in [0.2, 0.25) is 0 Å². The molecule has 1 aliphatic carbocycles. The zero-order valence-electron chi connectivity index (χ0n) is 12.3. The van der Waals surface area contributed by atoms with Crippen molar-refractivity contribution < 1.29 is 4.74 Å². The number of halogens is 1. The van der Waals surface area contributed by atoms with E-state index in [2.05, 4.69) is 43.8 Å². The average molecular weight is 349 g/mol. The van der Waals surface area contributed by atoms with E-state index < -0.39 is 0 Å². The number of methoxy groups -OCH3 is 1. The first-order chi connectivity index (χ1) is 10.3. The van der Waals surface area contributed by atoms with Crippen LogP contribution in [0.2, 0.25) is 0 Å². The van der Waals surface area contributed by atoms with Crippen LogP contribution in [0.1, 0.15) is 43.0 Å². The summed E-state index contributed by atoms with van der Waals surface area (Å²) in [5.41, 5.74) is 1.20. The van der Waals surface area contributed by atoms with Crippen LogP contribution in [0.5, 0.6) is 5.75 Å². The third-order valence-corrected chi connectivity index (χ3v) is 5.22. The average Bonchev–Trinajstić information content (AvgIpc) is 2.97. The predicted molar refractivity (Wildman–Crippen MR) is 88.2 cm³/mol. The van der Waals surface area contributed by atoms with Crippen molar-refractivity contribution in [3.63, 3.8) is 0 Å². The molecule has 0 radical (unpaired) electrons. The summed E-state index contributed by atoms with van der Waals surface area (Å²) in [4.78, 5) is 5.31. The first-order valence-electron chi connectivity index (χ1n) is 7.55. The van der Waals surface area contributed by atoms with Crippen molar-refractivity contribution >= 4 is 15.9 Å². The molecule has 0 N–H and O–H groups in total. The first-order valence-corrected chi connectivity index (χ1v) is 8.46. The maximum atomic E-state index is 5.45. The van der Waals surface area contributed by atoms with Gasteiger partial charge in [-0.3, -0.25) is 0 Å². The van der Waals surface area contributed by atoms with Gasteiger partial charge in [0.1, 0.15) is 11.6 Å². The Kier molecular flexibility index (Phi) is 4.63. The summed E-state index contributed by atoms with van der Waals surface area (Å²) in [6.45, 7) is 0.827. The third kappa shape index (κ3) is 3.31. The van der Waals surface area contributed by atoms with Crippen molar-refractivity contribution in [3.05, 3.63) is 48.0 Å². The van der Waals surface area contributed by atoms with Crippen LogP contribution < -0.4 is 4.74 Å². The number of hydrogen-bond donors (Lipinski definition) is 0. The number of alkyl halides is 1. The maximum Gasteiger partial charge on any atom is 0.123 e. The lowest BCUT2D eigenvalue weighted by Gasteiger charge is -2.25. The van der Waals surface area contributed by atoms with Crippen molar-refractivity contribution in [1.29, 1.82) is 0 Å². The van der Waals surface area contributed by atoms with Crippen molar-refractivity contribution in [2.75, 3.05) is 7.11 Å². The van der Waals surface area contributed by atoms with Crippen LogP contribution in [0.15, 0.2) is 36.7 Å². The Bertz CT molecular complexity index is 588. The summed E-state index contributed by atoms with van der Waals surface area (Å²) in [7, 11) is 1.73. The molecule has 3 rings (SSSR count). The Morgan fingerprint density at radius 1 is 1.24 bits per heavy atom. The van der Waals surface area contributed by atoms with Gasteiger partial charge in [0.25, 0.3) is 0 Å². The van der Waals surface area contributed by atoms with Gasteiger partial charge >= 0.3 is 0 Å². The van der Waals surface area contributed by atoms with Crippen molar-refractivity contribution in [1.82, 2.24) is 9.55 Å². The molecule has 112 valence electrons. The molecule has 0 bridgehead atoms. The molecule has 0 aliphatic heterocycles. The summed E-state index contributed by atoms with van der Waals surface area (Å²) < 4.78 is 7.73. The van der Waals surface area contributed by atoms with Crippen LogP contribution in [-0.4, -0.2) is 21.5 Å². The summed E-state index contributed by atoms with van der Waals surface area (Å²) in [6, 6.07) is 8.21. The van der Waals surface area contributed by atoms with Gasteiger partial charge in [-0.2, -0.15) is 0 Å². The van der Waals surface area contributed by atoms with Gasteiger partial charge in [-0.05, 0) is 31.7 Å².